The summed E-state index contributed by atoms with van der Waals surface area (Å²) in [6.45, 7) is 6.73. The van der Waals surface area contributed by atoms with Crippen molar-refractivity contribution in [1.29, 1.82) is 0 Å². The maximum atomic E-state index is 6.46. The van der Waals surface area contributed by atoms with E-state index in [1.54, 1.807) is 31.8 Å². The van der Waals surface area contributed by atoms with Crippen molar-refractivity contribution in [3.8, 4) is 33.8 Å². The number of aromatic nitrogens is 3. The van der Waals surface area contributed by atoms with Gasteiger partial charge in [-0.3, -0.25) is 0 Å². The van der Waals surface area contributed by atoms with Crippen molar-refractivity contribution < 1.29 is 9.47 Å². The van der Waals surface area contributed by atoms with E-state index in [1.807, 2.05) is 66.9 Å². The van der Waals surface area contributed by atoms with E-state index < -0.39 is 5.54 Å². The van der Waals surface area contributed by atoms with Gasteiger partial charge in [-0.15, -0.1) is 11.3 Å². The van der Waals surface area contributed by atoms with Crippen molar-refractivity contribution in [3.63, 3.8) is 0 Å². The molecule has 0 radical (unpaired) electrons. The Balaban J connectivity index is 0.000000233. The highest BCUT2D eigenvalue weighted by Gasteiger charge is 2.21. The minimum atomic E-state index is -0.391. The molecule has 3 aromatic heterocycles. The van der Waals surface area contributed by atoms with Crippen molar-refractivity contribution in [2.45, 2.75) is 32.7 Å². The summed E-state index contributed by atoms with van der Waals surface area (Å²) in [7, 11) is 1.59. The number of nitrogens with one attached hydrogen (secondary N) is 1. The second-order valence-electron chi connectivity index (χ2n) is 10.9. The van der Waals surface area contributed by atoms with Gasteiger partial charge in [0.05, 0.1) is 17.2 Å². The fraction of sp³-hybridized carbons (Fsp3) is 0.242. The molecule has 8 nitrogen and oxygen atoms in total. The third-order valence-electron chi connectivity index (χ3n) is 6.39. The molecule has 0 bridgehead atoms. The molecule has 0 fully saturated rings. The second kappa shape index (κ2) is 15.2. The summed E-state index contributed by atoms with van der Waals surface area (Å²) < 4.78 is 11.0. The molecule has 0 aliphatic carbocycles. The number of nitrogens with two attached hydrogens (primary N) is 2. The molecule has 0 saturated heterocycles. The first-order chi connectivity index (χ1) is 21.0. The summed E-state index contributed by atoms with van der Waals surface area (Å²) in [4.78, 5) is 12.5. The number of rotatable bonds is 10. The Morgan fingerprint density at radius 1 is 0.841 bits per heavy atom. The topological polar surface area (TPSA) is 121 Å². The number of thiazole rings is 1. The number of ether oxygens (including phenoxy) is 2. The molecule has 1 atom stereocenters. The van der Waals surface area contributed by atoms with Crippen LogP contribution in [0.15, 0.2) is 84.6 Å². The minimum absolute atomic E-state index is 0.391. The highest BCUT2D eigenvalue weighted by Crippen LogP contribution is 2.33. The molecule has 0 unspecified atom stereocenters. The molecule has 230 valence electrons. The first kappa shape index (κ1) is 33.0. The van der Waals surface area contributed by atoms with Gasteiger partial charge in [-0.1, -0.05) is 49.2 Å². The normalized spacial score (nSPS) is 12.2. The lowest BCUT2D eigenvalue weighted by Gasteiger charge is -2.26. The van der Waals surface area contributed by atoms with E-state index in [2.05, 4.69) is 34.1 Å². The number of methoxy groups -OCH3 is 1. The lowest BCUT2D eigenvalue weighted by atomic mass is 9.93. The Morgan fingerprint density at radius 3 is 2.02 bits per heavy atom. The molecule has 5 aromatic rings. The fourth-order valence-corrected chi connectivity index (χ4v) is 5.61. The second-order valence-corrected chi connectivity index (χ2v) is 12.6. The molecule has 0 aliphatic rings. The van der Waals surface area contributed by atoms with Crippen molar-refractivity contribution >= 4 is 51.3 Å². The standard InChI is InChI=1S/C21H25ClN4OS.C12H11ClN2O/c1-14(2)12-21(3,23)13-27-18-5-4-15(10-17(18)22)16-6-7-24-19(11-16)26-20-25-8-9-28-20;1-16-11-3-2-8(6-10(11)13)9-4-5-15-12(14)7-9/h4-11,14H,12-13,23H2,1-3H3,(H,24,25,26);2-7H,1H3,(H2,14,15)/t21-;/m0./s1. The number of anilines is 3. The van der Waals surface area contributed by atoms with E-state index in [9.17, 15) is 0 Å². The van der Waals surface area contributed by atoms with Crippen molar-refractivity contribution in [2.75, 3.05) is 24.8 Å². The van der Waals surface area contributed by atoms with Gasteiger partial charge in [0, 0.05) is 29.5 Å². The summed E-state index contributed by atoms with van der Waals surface area (Å²) in [6.07, 6.45) is 6.07. The summed E-state index contributed by atoms with van der Waals surface area (Å²) in [5.41, 5.74) is 15.5. The van der Waals surface area contributed by atoms with E-state index in [0.29, 0.717) is 39.9 Å². The number of nitrogens with zero attached hydrogens (tertiary/aromatic N) is 3. The number of halogens is 2. The SMILES string of the molecule is CC(C)C[C@](C)(N)COc1ccc(-c2ccnc(Nc3nccs3)c2)cc1Cl.COc1ccc(-c2ccnc(N)c2)cc1Cl. The molecule has 0 aliphatic heterocycles. The Morgan fingerprint density at radius 2 is 1.45 bits per heavy atom. The van der Waals surface area contributed by atoms with E-state index in [0.717, 1.165) is 39.6 Å². The van der Waals surface area contributed by atoms with Crippen molar-refractivity contribution in [1.82, 2.24) is 15.0 Å². The Bertz CT molecular complexity index is 1660. The third kappa shape index (κ3) is 9.56. The molecule has 5 rings (SSSR count). The minimum Gasteiger partial charge on any atom is -0.495 e. The maximum Gasteiger partial charge on any atom is 0.188 e. The van der Waals surface area contributed by atoms with Gasteiger partial charge in [0.1, 0.15) is 29.7 Å². The van der Waals surface area contributed by atoms with Crippen molar-refractivity contribution in [3.05, 3.63) is 94.7 Å². The maximum absolute atomic E-state index is 6.46. The average molecular weight is 652 g/mol. The predicted octanol–water partition coefficient (Wildman–Crippen LogP) is 8.74. The van der Waals surface area contributed by atoms with Crippen LogP contribution in [0.1, 0.15) is 27.2 Å². The Hall–Kier alpha value is -3.89. The third-order valence-corrected chi connectivity index (χ3v) is 7.67. The number of pyridine rings is 2. The van der Waals surface area contributed by atoms with Crippen LogP contribution in [0.5, 0.6) is 11.5 Å². The molecular weight excluding hydrogens is 615 g/mol. The lowest BCUT2D eigenvalue weighted by molar-refractivity contribution is 0.207. The van der Waals surface area contributed by atoms with Crippen LogP contribution in [-0.2, 0) is 0 Å². The Labute approximate surface area is 272 Å². The lowest BCUT2D eigenvalue weighted by Crippen LogP contribution is -2.43. The monoisotopic (exact) mass is 650 g/mol. The zero-order chi connectivity index (χ0) is 31.7. The quantitative estimate of drug-likeness (QED) is 0.137. The first-order valence-electron chi connectivity index (χ1n) is 13.9. The molecule has 0 amide bonds. The van der Waals surface area contributed by atoms with Crippen LogP contribution >= 0.6 is 34.5 Å². The van der Waals surface area contributed by atoms with Gasteiger partial charge in [0.25, 0.3) is 0 Å². The van der Waals surface area contributed by atoms with Crippen LogP contribution in [0.4, 0.5) is 16.8 Å². The number of benzene rings is 2. The van der Waals surface area contributed by atoms with Crippen LogP contribution in [0.2, 0.25) is 10.0 Å². The van der Waals surface area contributed by atoms with Crippen molar-refractivity contribution in [2.24, 2.45) is 11.7 Å². The first-order valence-corrected chi connectivity index (χ1v) is 15.6. The van der Waals surface area contributed by atoms with Crippen LogP contribution in [0, 0.1) is 5.92 Å². The van der Waals surface area contributed by atoms with Gasteiger partial charge in [0.15, 0.2) is 5.13 Å². The van der Waals surface area contributed by atoms with Crippen LogP contribution < -0.4 is 26.3 Å². The number of nitrogen functional groups attached to an aromatic ring is 1. The molecule has 44 heavy (non-hydrogen) atoms. The molecule has 5 N–H and O–H groups in total. The van der Waals surface area contributed by atoms with Gasteiger partial charge >= 0.3 is 0 Å². The predicted molar refractivity (Wildman–Crippen MR) is 183 cm³/mol. The summed E-state index contributed by atoms with van der Waals surface area (Å²) in [5.74, 6) is 3.03. The molecule has 3 heterocycles. The van der Waals surface area contributed by atoms with E-state index in [4.69, 9.17) is 44.1 Å². The molecule has 2 aromatic carbocycles. The summed E-state index contributed by atoms with van der Waals surface area (Å²) in [6, 6.07) is 19.0. The molecular formula is C33H36Cl2N6O2S. The summed E-state index contributed by atoms with van der Waals surface area (Å²) >= 11 is 14.0. The van der Waals surface area contributed by atoms with Crippen LogP contribution in [0.3, 0.4) is 0 Å². The largest absolute Gasteiger partial charge is 0.495 e. The zero-order valence-corrected chi connectivity index (χ0v) is 27.4. The van der Waals surface area contributed by atoms with Crippen LogP contribution in [-0.4, -0.2) is 34.2 Å². The van der Waals surface area contributed by atoms with Gasteiger partial charge in [-0.2, -0.15) is 0 Å². The van der Waals surface area contributed by atoms with Gasteiger partial charge in [0.2, 0.25) is 0 Å². The van der Waals surface area contributed by atoms with Crippen LogP contribution in [0.25, 0.3) is 22.3 Å². The summed E-state index contributed by atoms with van der Waals surface area (Å²) in [5, 5.41) is 7.05. The zero-order valence-electron chi connectivity index (χ0n) is 25.1. The van der Waals surface area contributed by atoms with Gasteiger partial charge in [-0.05, 0) is 90.0 Å². The number of hydrogen-bond donors (Lipinski definition) is 3. The number of hydrogen-bond acceptors (Lipinski definition) is 9. The average Bonchev–Trinajstić information content (AvgIpc) is 3.49. The van der Waals surface area contributed by atoms with E-state index >= 15 is 0 Å². The van der Waals surface area contributed by atoms with Gasteiger partial charge < -0.3 is 26.3 Å². The highest BCUT2D eigenvalue weighted by atomic mass is 35.5. The molecule has 0 saturated carbocycles. The highest BCUT2D eigenvalue weighted by molar-refractivity contribution is 7.13. The van der Waals surface area contributed by atoms with Gasteiger partial charge in [-0.25, -0.2) is 15.0 Å². The van der Waals surface area contributed by atoms with E-state index in [1.165, 1.54) is 11.3 Å². The fourth-order valence-electron chi connectivity index (χ4n) is 4.58. The Kier molecular flexibility index (Phi) is 11.4. The smallest absolute Gasteiger partial charge is 0.188 e. The molecule has 11 heteroatoms. The molecule has 0 spiro atoms. The van der Waals surface area contributed by atoms with E-state index in [-0.39, 0.29) is 0 Å².